The molecule has 2 rings (SSSR count). The average Bonchev–Trinajstić information content (AvgIpc) is 2.32. The van der Waals surface area contributed by atoms with E-state index < -0.39 is 0 Å². The second-order valence-electron chi connectivity index (χ2n) is 4.72. The van der Waals surface area contributed by atoms with Crippen LogP contribution in [0.25, 0.3) is 0 Å². The van der Waals surface area contributed by atoms with Crippen molar-refractivity contribution in [3.63, 3.8) is 0 Å². The molecule has 17 heavy (non-hydrogen) atoms. The molecule has 2 N–H and O–H groups in total. The van der Waals surface area contributed by atoms with Gasteiger partial charge >= 0.3 is 0 Å². The summed E-state index contributed by atoms with van der Waals surface area (Å²) in [7, 11) is 0. The van der Waals surface area contributed by atoms with Gasteiger partial charge in [0, 0.05) is 24.7 Å². The summed E-state index contributed by atoms with van der Waals surface area (Å²) in [6, 6.07) is 6.28. The predicted octanol–water partition coefficient (Wildman–Crippen LogP) is 2.40. The number of anilines is 1. The van der Waals surface area contributed by atoms with Gasteiger partial charge in [-0.3, -0.25) is 4.79 Å². The lowest BCUT2D eigenvalue weighted by molar-refractivity contribution is -0.118. The minimum atomic E-state index is 0.0533. The van der Waals surface area contributed by atoms with Gasteiger partial charge in [0.1, 0.15) is 0 Å². The van der Waals surface area contributed by atoms with Crippen LogP contribution in [0.2, 0.25) is 0 Å². The Morgan fingerprint density at radius 2 is 2.18 bits per heavy atom. The molecule has 92 valence electrons. The fraction of sp³-hybridized carbons (Fsp3) is 0.500. The molecule has 1 aromatic rings. The van der Waals surface area contributed by atoms with E-state index in [1.54, 1.807) is 0 Å². The van der Waals surface area contributed by atoms with Crippen molar-refractivity contribution in [1.29, 1.82) is 0 Å². The molecule has 1 aliphatic rings. The summed E-state index contributed by atoms with van der Waals surface area (Å²) in [4.78, 5) is 13.8. The second kappa shape index (κ2) is 4.88. The van der Waals surface area contributed by atoms with Crippen LogP contribution in [0.1, 0.15) is 43.9 Å². The summed E-state index contributed by atoms with van der Waals surface area (Å²) in [5.74, 6) is 0.243. The summed E-state index contributed by atoms with van der Waals surface area (Å²) >= 11 is 0. The highest BCUT2D eigenvalue weighted by molar-refractivity contribution is 5.96. The number of hydrogen-bond donors (Lipinski definition) is 1. The molecular weight excluding hydrogens is 212 g/mol. The molecule has 1 atom stereocenters. The molecule has 1 heterocycles. The summed E-state index contributed by atoms with van der Waals surface area (Å²) in [6.07, 6.45) is 2.45. The number of amides is 1. The van der Waals surface area contributed by atoms with Gasteiger partial charge in [-0.1, -0.05) is 19.1 Å². The second-order valence-corrected chi connectivity index (χ2v) is 4.72. The smallest absolute Gasteiger partial charge is 0.227 e. The zero-order chi connectivity index (χ0) is 12.4. The fourth-order valence-electron chi connectivity index (χ4n) is 2.33. The van der Waals surface area contributed by atoms with Crippen LogP contribution in [0.5, 0.6) is 0 Å². The van der Waals surface area contributed by atoms with Crippen molar-refractivity contribution in [3.8, 4) is 0 Å². The van der Waals surface area contributed by atoms with Gasteiger partial charge in [0.05, 0.1) is 0 Å². The number of carbonyl (C=O) groups excluding carboxylic acids is 1. The maximum atomic E-state index is 11.9. The van der Waals surface area contributed by atoms with E-state index in [-0.39, 0.29) is 11.9 Å². The van der Waals surface area contributed by atoms with E-state index in [0.717, 1.165) is 30.6 Å². The molecule has 0 aromatic heterocycles. The zero-order valence-electron chi connectivity index (χ0n) is 10.6. The number of fused-ring (bicyclic) bond motifs is 1. The Morgan fingerprint density at radius 1 is 1.41 bits per heavy atom. The molecular formula is C14H20N2O. The number of rotatable bonds is 3. The zero-order valence-corrected chi connectivity index (χ0v) is 10.6. The number of benzene rings is 1. The van der Waals surface area contributed by atoms with Gasteiger partial charge in [-0.15, -0.1) is 0 Å². The van der Waals surface area contributed by atoms with Crippen LogP contribution in [-0.2, 0) is 11.2 Å². The SMILES string of the molecule is CCCN1C(=O)CCc2cc(C(C)N)ccc21. The molecule has 1 aliphatic heterocycles. The van der Waals surface area contributed by atoms with Crippen LogP contribution in [-0.4, -0.2) is 12.5 Å². The van der Waals surface area contributed by atoms with E-state index >= 15 is 0 Å². The largest absolute Gasteiger partial charge is 0.324 e. The standard InChI is InChI=1S/C14H20N2O/c1-3-8-16-13-6-4-11(10(2)15)9-12(13)5-7-14(16)17/h4,6,9-10H,3,5,7-8,15H2,1-2H3. The minimum absolute atomic E-state index is 0.0533. The minimum Gasteiger partial charge on any atom is -0.324 e. The Bertz CT molecular complexity index is 426. The highest BCUT2D eigenvalue weighted by Crippen LogP contribution is 2.30. The summed E-state index contributed by atoms with van der Waals surface area (Å²) in [5, 5.41) is 0. The lowest BCUT2D eigenvalue weighted by Gasteiger charge is -2.29. The summed E-state index contributed by atoms with van der Waals surface area (Å²) < 4.78 is 0. The third-order valence-electron chi connectivity index (χ3n) is 3.28. The summed E-state index contributed by atoms with van der Waals surface area (Å²) in [6.45, 7) is 4.89. The Hall–Kier alpha value is -1.35. The van der Waals surface area contributed by atoms with E-state index in [9.17, 15) is 4.79 Å². The van der Waals surface area contributed by atoms with Crippen molar-refractivity contribution >= 4 is 11.6 Å². The fourth-order valence-corrected chi connectivity index (χ4v) is 2.33. The van der Waals surface area contributed by atoms with Gasteiger partial charge in [0.15, 0.2) is 0 Å². The number of hydrogen-bond acceptors (Lipinski definition) is 2. The molecule has 1 aromatic carbocycles. The molecule has 1 unspecified atom stereocenters. The third kappa shape index (κ3) is 2.34. The maximum absolute atomic E-state index is 11.9. The van der Waals surface area contributed by atoms with Crippen LogP contribution in [0.15, 0.2) is 18.2 Å². The van der Waals surface area contributed by atoms with E-state index in [2.05, 4.69) is 13.0 Å². The van der Waals surface area contributed by atoms with Crippen LogP contribution < -0.4 is 10.6 Å². The Labute approximate surface area is 103 Å². The van der Waals surface area contributed by atoms with E-state index in [1.165, 1.54) is 5.56 Å². The number of carbonyl (C=O) groups is 1. The first-order valence-corrected chi connectivity index (χ1v) is 6.32. The first kappa shape index (κ1) is 12.1. The lowest BCUT2D eigenvalue weighted by Crippen LogP contribution is -2.35. The molecule has 0 spiro atoms. The van der Waals surface area contributed by atoms with Gasteiger partial charge in [-0.2, -0.15) is 0 Å². The van der Waals surface area contributed by atoms with E-state index in [4.69, 9.17) is 5.73 Å². The number of aryl methyl sites for hydroxylation is 1. The molecule has 0 saturated heterocycles. The maximum Gasteiger partial charge on any atom is 0.227 e. The van der Waals surface area contributed by atoms with Crippen LogP contribution >= 0.6 is 0 Å². The monoisotopic (exact) mass is 232 g/mol. The van der Waals surface area contributed by atoms with Crippen molar-refractivity contribution in [2.75, 3.05) is 11.4 Å². The van der Waals surface area contributed by atoms with Crippen molar-refractivity contribution in [3.05, 3.63) is 29.3 Å². The molecule has 0 bridgehead atoms. The van der Waals surface area contributed by atoms with Crippen LogP contribution in [0, 0.1) is 0 Å². The van der Waals surface area contributed by atoms with Gasteiger partial charge in [-0.25, -0.2) is 0 Å². The molecule has 0 saturated carbocycles. The average molecular weight is 232 g/mol. The first-order chi connectivity index (χ1) is 8.13. The molecule has 3 heteroatoms. The topological polar surface area (TPSA) is 46.3 Å². The molecule has 0 aliphatic carbocycles. The first-order valence-electron chi connectivity index (χ1n) is 6.32. The molecule has 0 fully saturated rings. The molecule has 0 radical (unpaired) electrons. The van der Waals surface area contributed by atoms with Crippen LogP contribution in [0.4, 0.5) is 5.69 Å². The van der Waals surface area contributed by atoms with Gasteiger partial charge in [0.2, 0.25) is 5.91 Å². The van der Waals surface area contributed by atoms with Crippen molar-refractivity contribution in [2.24, 2.45) is 5.73 Å². The highest BCUT2D eigenvalue weighted by atomic mass is 16.2. The van der Waals surface area contributed by atoms with Crippen LogP contribution in [0.3, 0.4) is 0 Å². The summed E-state index contributed by atoms with van der Waals surface area (Å²) in [5.41, 5.74) is 9.37. The quantitative estimate of drug-likeness (QED) is 0.869. The van der Waals surface area contributed by atoms with E-state index in [1.807, 2.05) is 24.0 Å². The molecule has 3 nitrogen and oxygen atoms in total. The predicted molar refractivity (Wildman–Crippen MR) is 70.0 cm³/mol. The van der Waals surface area contributed by atoms with Gasteiger partial charge in [0.25, 0.3) is 0 Å². The number of nitrogens with zero attached hydrogens (tertiary/aromatic N) is 1. The van der Waals surface area contributed by atoms with Crippen molar-refractivity contribution < 1.29 is 4.79 Å². The molecule has 1 amide bonds. The third-order valence-corrected chi connectivity index (χ3v) is 3.28. The number of nitrogens with two attached hydrogens (primary N) is 1. The van der Waals surface area contributed by atoms with Crippen molar-refractivity contribution in [1.82, 2.24) is 0 Å². The van der Waals surface area contributed by atoms with Crippen molar-refractivity contribution in [2.45, 2.75) is 39.2 Å². The lowest BCUT2D eigenvalue weighted by atomic mass is 9.96. The highest BCUT2D eigenvalue weighted by Gasteiger charge is 2.23. The van der Waals surface area contributed by atoms with Gasteiger partial charge in [-0.05, 0) is 37.0 Å². The normalized spacial score (nSPS) is 16.9. The van der Waals surface area contributed by atoms with Gasteiger partial charge < -0.3 is 10.6 Å². The Kier molecular flexibility index (Phi) is 3.48. The van der Waals surface area contributed by atoms with E-state index in [0.29, 0.717) is 6.42 Å². The Morgan fingerprint density at radius 3 is 2.82 bits per heavy atom. The Balaban J connectivity index is 2.37.